The van der Waals surface area contributed by atoms with E-state index in [1.54, 1.807) is 0 Å². The number of nitrogens with zero attached hydrogens (tertiary/aromatic N) is 1. The summed E-state index contributed by atoms with van der Waals surface area (Å²) in [5.74, 6) is 1.75. The predicted octanol–water partition coefficient (Wildman–Crippen LogP) is 2.51. The van der Waals surface area contributed by atoms with Gasteiger partial charge in [0.1, 0.15) is 0 Å². The van der Waals surface area contributed by atoms with Crippen molar-refractivity contribution in [3.05, 3.63) is 0 Å². The quantitative estimate of drug-likeness (QED) is 0.801. The monoisotopic (exact) mass is 268 g/mol. The van der Waals surface area contributed by atoms with Gasteiger partial charge in [0.25, 0.3) is 0 Å². The maximum Gasteiger partial charge on any atom is 0.0701 e. The number of piperidine rings is 1. The molecule has 112 valence electrons. The molecular weight excluding hydrogens is 236 g/mol. The zero-order chi connectivity index (χ0) is 13.5. The molecule has 2 aliphatic rings. The predicted molar refractivity (Wildman–Crippen MR) is 80.5 cm³/mol. The topological polar surface area (TPSA) is 24.5 Å². The standard InChI is InChI=1S/C16H32N2O/c1-14(15-6-5-9-17-12-15)8-10-18(2)13-16-7-3-4-11-19-16/h14-17H,3-13H2,1-2H3. The van der Waals surface area contributed by atoms with Crippen LogP contribution in [0.5, 0.6) is 0 Å². The zero-order valence-electron chi connectivity index (χ0n) is 12.9. The van der Waals surface area contributed by atoms with Gasteiger partial charge in [0.2, 0.25) is 0 Å². The number of hydrogen-bond acceptors (Lipinski definition) is 3. The molecule has 2 rings (SSSR count). The number of ether oxygens (including phenoxy) is 1. The van der Waals surface area contributed by atoms with Gasteiger partial charge in [-0.25, -0.2) is 0 Å². The van der Waals surface area contributed by atoms with E-state index in [-0.39, 0.29) is 0 Å². The van der Waals surface area contributed by atoms with Crippen molar-refractivity contribution in [2.45, 2.75) is 51.6 Å². The van der Waals surface area contributed by atoms with Crippen molar-refractivity contribution in [1.29, 1.82) is 0 Å². The van der Waals surface area contributed by atoms with Gasteiger partial charge in [0.05, 0.1) is 6.10 Å². The Hall–Kier alpha value is -0.120. The van der Waals surface area contributed by atoms with E-state index in [2.05, 4.69) is 24.2 Å². The van der Waals surface area contributed by atoms with Gasteiger partial charge >= 0.3 is 0 Å². The molecule has 3 nitrogen and oxygen atoms in total. The van der Waals surface area contributed by atoms with Crippen LogP contribution in [-0.4, -0.2) is 50.8 Å². The van der Waals surface area contributed by atoms with Gasteiger partial charge in [-0.15, -0.1) is 0 Å². The normalized spacial score (nSPS) is 30.5. The highest BCUT2D eigenvalue weighted by Crippen LogP contribution is 2.22. The lowest BCUT2D eigenvalue weighted by molar-refractivity contribution is -0.00236. The molecule has 0 spiro atoms. The first-order chi connectivity index (χ1) is 9.25. The van der Waals surface area contributed by atoms with E-state index in [4.69, 9.17) is 4.74 Å². The van der Waals surface area contributed by atoms with Crippen molar-refractivity contribution in [2.75, 3.05) is 39.8 Å². The second kappa shape index (κ2) is 8.23. The average Bonchev–Trinajstić information content (AvgIpc) is 2.47. The molecule has 0 bridgehead atoms. The van der Waals surface area contributed by atoms with Gasteiger partial charge in [-0.3, -0.25) is 0 Å². The Bertz CT molecular complexity index is 235. The molecule has 0 amide bonds. The van der Waals surface area contributed by atoms with Crippen LogP contribution in [0.25, 0.3) is 0 Å². The lowest BCUT2D eigenvalue weighted by Gasteiger charge is -2.31. The third-order valence-corrected chi connectivity index (χ3v) is 4.90. The molecule has 0 aromatic rings. The number of nitrogens with one attached hydrogen (secondary N) is 1. The SMILES string of the molecule is CC(CCN(C)CC1CCCCO1)C1CCCNC1. The maximum absolute atomic E-state index is 5.82. The first kappa shape index (κ1) is 15.3. The molecular formula is C16H32N2O. The van der Waals surface area contributed by atoms with E-state index in [9.17, 15) is 0 Å². The summed E-state index contributed by atoms with van der Waals surface area (Å²) in [6.45, 7) is 8.21. The van der Waals surface area contributed by atoms with Gasteiger partial charge in [-0.2, -0.15) is 0 Å². The van der Waals surface area contributed by atoms with Gasteiger partial charge < -0.3 is 15.0 Å². The van der Waals surface area contributed by atoms with Crippen LogP contribution in [0.15, 0.2) is 0 Å². The molecule has 3 unspecified atom stereocenters. The second-order valence-corrected chi connectivity index (χ2v) is 6.62. The van der Waals surface area contributed by atoms with Crippen LogP contribution in [0.3, 0.4) is 0 Å². The first-order valence-electron chi connectivity index (χ1n) is 8.26. The van der Waals surface area contributed by atoms with Crippen molar-refractivity contribution in [3.8, 4) is 0 Å². The minimum atomic E-state index is 0.491. The Morgan fingerprint density at radius 3 is 2.84 bits per heavy atom. The minimum absolute atomic E-state index is 0.491. The largest absolute Gasteiger partial charge is 0.377 e. The Balaban J connectivity index is 1.60. The van der Waals surface area contributed by atoms with Crippen molar-refractivity contribution < 1.29 is 4.74 Å². The summed E-state index contributed by atoms with van der Waals surface area (Å²) < 4.78 is 5.82. The fourth-order valence-electron chi connectivity index (χ4n) is 3.41. The van der Waals surface area contributed by atoms with Gasteiger partial charge in [-0.1, -0.05) is 6.92 Å². The van der Waals surface area contributed by atoms with Crippen molar-refractivity contribution in [3.63, 3.8) is 0 Å². The summed E-state index contributed by atoms with van der Waals surface area (Å²) in [5, 5.41) is 3.54. The van der Waals surface area contributed by atoms with E-state index >= 15 is 0 Å². The molecule has 0 aliphatic carbocycles. The zero-order valence-corrected chi connectivity index (χ0v) is 12.9. The highest BCUT2D eigenvalue weighted by atomic mass is 16.5. The second-order valence-electron chi connectivity index (χ2n) is 6.62. The van der Waals surface area contributed by atoms with Crippen molar-refractivity contribution >= 4 is 0 Å². The molecule has 19 heavy (non-hydrogen) atoms. The lowest BCUT2D eigenvalue weighted by Crippen LogP contribution is -2.36. The van der Waals surface area contributed by atoms with E-state index in [1.807, 2.05) is 0 Å². The number of rotatable bonds is 6. The molecule has 3 heteroatoms. The average molecular weight is 268 g/mol. The third kappa shape index (κ3) is 5.41. The molecule has 2 heterocycles. The van der Waals surface area contributed by atoms with Crippen molar-refractivity contribution in [2.24, 2.45) is 11.8 Å². The van der Waals surface area contributed by atoms with Gasteiger partial charge in [-0.05, 0) is 77.0 Å². The number of likely N-dealkylation sites (N-methyl/N-ethyl adjacent to an activating group) is 1. The molecule has 0 saturated carbocycles. The number of hydrogen-bond donors (Lipinski definition) is 1. The molecule has 2 fully saturated rings. The van der Waals surface area contributed by atoms with E-state index in [0.717, 1.165) is 25.0 Å². The van der Waals surface area contributed by atoms with Crippen LogP contribution >= 0.6 is 0 Å². The smallest absolute Gasteiger partial charge is 0.0701 e. The fraction of sp³-hybridized carbons (Fsp3) is 1.00. The Kier molecular flexibility index (Phi) is 6.62. The minimum Gasteiger partial charge on any atom is -0.377 e. The fourth-order valence-corrected chi connectivity index (χ4v) is 3.41. The van der Waals surface area contributed by atoms with Gasteiger partial charge in [0.15, 0.2) is 0 Å². The Morgan fingerprint density at radius 1 is 1.26 bits per heavy atom. The van der Waals surface area contributed by atoms with E-state index in [1.165, 1.54) is 58.2 Å². The van der Waals surface area contributed by atoms with Crippen LogP contribution in [0.4, 0.5) is 0 Å². The summed E-state index contributed by atoms with van der Waals surface area (Å²) in [6.07, 6.45) is 8.46. The Labute approximate surface area is 119 Å². The summed E-state index contributed by atoms with van der Waals surface area (Å²) in [7, 11) is 2.25. The van der Waals surface area contributed by atoms with Crippen LogP contribution < -0.4 is 5.32 Å². The molecule has 2 saturated heterocycles. The van der Waals surface area contributed by atoms with Crippen LogP contribution in [0, 0.1) is 11.8 Å². The van der Waals surface area contributed by atoms with E-state index in [0.29, 0.717) is 6.10 Å². The van der Waals surface area contributed by atoms with Crippen LogP contribution in [0.2, 0.25) is 0 Å². The van der Waals surface area contributed by atoms with Crippen LogP contribution in [-0.2, 0) is 4.74 Å². The van der Waals surface area contributed by atoms with Crippen LogP contribution in [0.1, 0.15) is 45.4 Å². The van der Waals surface area contributed by atoms with E-state index < -0.39 is 0 Å². The molecule has 1 N–H and O–H groups in total. The Morgan fingerprint density at radius 2 is 2.16 bits per heavy atom. The van der Waals surface area contributed by atoms with Crippen molar-refractivity contribution in [1.82, 2.24) is 10.2 Å². The summed E-state index contributed by atoms with van der Waals surface area (Å²) in [4.78, 5) is 2.47. The summed E-state index contributed by atoms with van der Waals surface area (Å²) in [6, 6.07) is 0. The third-order valence-electron chi connectivity index (χ3n) is 4.90. The summed E-state index contributed by atoms with van der Waals surface area (Å²) in [5.41, 5.74) is 0. The van der Waals surface area contributed by atoms with Gasteiger partial charge in [0, 0.05) is 13.2 Å². The molecule has 0 radical (unpaired) electrons. The first-order valence-corrected chi connectivity index (χ1v) is 8.26. The highest BCUT2D eigenvalue weighted by molar-refractivity contribution is 4.75. The lowest BCUT2D eigenvalue weighted by atomic mass is 9.85. The molecule has 2 aliphatic heterocycles. The summed E-state index contributed by atoms with van der Waals surface area (Å²) >= 11 is 0. The molecule has 3 atom stereocenters. The molecule has 0 aromatic carbocycles. The molecule has 0 aromatic heterocycles. The highest BCUT2D eigenvalue weighted by Gasteiger charge is 2.21. The maximum atomic E-state index is 5.82.